The Morgan fingerprint density at radius 2 is 1.55 bits per heavy atom. The number of piperidine rings is 1. The van der Waals surface area contributed by atoms with Gasteiger partial charge in [-0.2, -0.15) is 0 Å². The van der Waals surface area contributed by atoms with E-state index in [1.54, 1.807) is 0 Å². The van der Waals surface area contributed by atoms with Gasteiger partial charge in [-0.1, -0.05) is 57.8 Å². The van der Waals surface area contributed by atoms with Gasteiger partial charge in [0.05, 0.1) is 5.54 Å². The van der Waals surface area contributed by atoms with Crippen molar-refractivity contribution in [3.8, 4) is 11.8 Å². The molecule has 114 valence electrons. The number of likely N-dealkylation sites (tertiary alicyclic amines) is 1. The van der Waals surface area contributed by atoms with E-state index in [1.807, 2.05) is 0 Å². The molecule has 1 saturated heterocycles. The zero-order valence-corrected chi connectivity index (χ0v) is 13.6. The van der Waals surface area contributed by atoms with Crippen molar-refractivity contribution in [1.29, 1.82) is 0 Å². The van der Waals surface area contributed by atoms with Crippen LogP contribution in [0.5, 0.6) is 0 Å². The summed E-state index contributed by atoms with van der Waals surface area (Å²) < 4.78 is 0. The lowest BCUT2D eigenvalue weighted by atomic mass is 9.79. The molecule has 20 heavy (non-hydrogen) atoms. The van der Waals surface area contributed by atoms with Crippen molar-refractivity contribution in [3.05, 3.63) is 0 Å². The van der Waals surface area contributed by atoms with E-state index in [9.17, 15) is 0 Å². The number of hydrogen-bond acceptors (Lipinski definition) is 1. The third kappa shape index (κ3) is 4.52. The van der Waals surface area contributed by atoms with E-state index in [4.69, 9.17) is 0 Å². The largest absolute Gasteiger partial charge is 0.287 e. The molecule has 2 aliphatic rings. The highest BCUT2D eigenvalue weighted by Gasteiger charge is 2.36. The molecule has 1 aliphatic carbocycles. The van der Waals surface area contributed by atoms with Gasteiger partial charge in [-0.05, 0) is 45.2 Å². The van der Waals surface area contributed by atoms with Crippen molar-refractivity contribution in [2.45, 2.75) is 95.9 Å². The quantitative estimate of drug-likeness (QED) is 0.495. The summed E-state index contributed by atoms with van der Waals surface area (Å²) in [4.78, 5) is 2.74. The summed E-state index contributed by atoms with van der Waals surface area (Å²) in [7, 11) is 0. The van der Waals surface area contributed by atoms with Crippen molar-refractivity contribution in [1.82, 2.24) is 4.90 Å². The molecule has 1 heterocycles. The molecular weight excluding hydrogens is 242 g/mol. The highest BCUT2D eigenvalue weighted by molar-refractivity contribution is 5.19. The summed E-state index contributed by atoms with van der Waals surface area (Å²) in [5, 5.41) is 0. The molecule has 2 rings (SSSR count). The highest BCUT2D eigenvalue weighted by Crippen LogP contribution is 2.35. The summed E-state index contributed by atoms with van der Waals surface area (Å²) in [6, 6.07) is 0. The van der Waals surface area contributed by atoms with Gasteiger partial charge in [-0.3, -0.25) is 4.90 Å². The van der Waals surface area contributed by atoms with Crippen LogP contribution in [0.3, 0.4) is 0 Å². The fourth-order valence-electron chi connectivity index (χ4n) is 3.85. The smallest absolute Gasteiger partial charge is 0.0825 e. The molecule has 0 radical (unpaired) electrons. The maximum atomic E-state index is 3.76. The minimum absolute atomic E-state index is 0.267. The van der Waals surface area contributed by atoms with Crippen molar-refractivity contribution < 1.29 is 0 Å². The summed E-state index contributed by atoms with van der Waals surface area (Å²) in [6.45, 7) is 4.87. The average molecular weight is 275 g/mol. The Kier molecular flexibility index (Phi) is 6.94. The van der Waals surface area contributed by atoms with Crippen LogP contribution >= 0.6 is 0 Å². The van der Waals surface area contributed by atoms with E-state index in [2.05, 4.69) is 23.7 Å². The van der Waals surface area contributed by atoms with E-state index >= 15 is 0 Å². The Morgan fingerprint density at radius 3 is 2.25 bits per heavy atom. The molecule has 0 atom stereocenters. The first-order valence-corrected chi connectivity index (χ1v) is 9.12. The van der Waals surface area contributed by atoms with E-state index < -0.39 is 0 Å². The molecule has 1 heteroatoms. The molecule has 2 fully saturated rings. The monoisotopic (exact) mass is 275 g/mol. The molecular formula is C19H33N. The lowest BCUT2D eigenvalue weighted by molar-refractivity contribution is 0.0792. The molecule has 0 aromatic rings. The first-order chi connectivity index (χ1) is 9.87. The zero-order chi connectivity index (χ0) is 14.1. The first-order valence-electron chi connectivity index (χ1n) is 9.12. The summed E-state index contributed by atoms with van der Waals surface area (Å²) in [5.74, 6) is 7.32. The normalized spacial score (nSPS) is 23.1. The van der Waals surface area contributed by atoms with Crippen LogP contribution in [0.2, 0.25) is 0 Å². The minimum Gasteiger partial charge on any atom is -0.287 e. The van der Waals surface area contributed by atoms with Crippen molar-refractivity contribution in [2.24, 2.45) is 0 Å². The van der Waals surface area contributed by atoms with Gasteiger partial charge in [0.1, 0.15) is 0 Å². The Bertz CT molecular complexity index is 310. The van der Waals surface area contributed by atoms with E-state index in [0.717, 1.165) is 6.42 Å². The van der Waals surface area contributed by atoms with E-state index in [-0.39, 0.29) is 5.54 Å². The van der Waals surface area contributed by atoms with Gasteiger partial charge < -0.3 is 0 Å². The van der Waals surface area contributed by atoms with Crippen molar-refractivity contribution >= 4 is 0 Å². The minimum atomic E-state index is 0.267. The molecule has 0 spiro atoms. The Balaban J connectivity index is 1.90. The van der Waals surface area contributed by atoms with Gasteiger partial charge in [-0.15, -0.1) is 5.92 Å². The second-order valence-electron chi connectivity index (χ2n) is 6.75. The lowest BCUT2D eigenvalue weighted by Crippen LogP contribution is -2.51. The fraction of sp³-hybridized carbons (Fsp3) is 0.895. The summed E-state index contributed by atoms with van der Waals surface area (Å²) >= 11 is 0. The van der Waals surface area contributed by atoms with Crippen LogP contribution in [-0.4, -0.2) is 23.5 Å². The molecule has 0 amide bonds. The molecule has 1 aliphatic heterocycles. The predicted molar refractivity (Wildman–Crippen MR) is 87.8 cm³/mol. The molecule has 0 unspecified atom stereocenters. The maximum absolute atomic E-state index is 3.76. The average Bonchev–Trinajstić information content (AvgIpc) is 2.52. The van der Waals surface area contributed by atoms with E-state index in [1.165, 1.54) is 90.1 Å². The molecule has 0 aromatic carbocycles. The zero-order valence-electron chi connectivity index (χ0n) is 13.6. The predicted octanol–water partition coefficient (Wildman–Crippen LogP) is 5.15. The highest BCUT2D eigenvalue weighted by atomic mass is 15.2. The Labute approximate surface area is 126 Å². The number of nitrogens with zero attached hydrogens (tertiary/aromatic N) is 1. The SMILES string of the molecule is CCCCCCC#CC1(N2CCCCC2)CCCCC1. The number of unbranched alkanes of at least 4 members (excludes halogenated alkanes) is 4. The first kappa shape index (κ1) is 15.9. The van der Waals surface area contributed by atoms with Crippen molar-refractivity contribution in [3.63, 3.8) is 0 Å². The van der Waals surface area contributed by atoms with Gasteiger partial charge >= 0.3 is 0 Å². The standard InChI is InChI=1S/C19H33N/c1-2-3-4-5-6-9-14-19(15-10-7-11-16-19)20-17-12-8-13-18-20/h2-8,10-13,15-18H2,1H3. The molecule has 1 saturated carbocycles. The second-order valence-corrected chi connectivity index (χ2v) is 6.75. The third-order valence-electron chi connectivity index (χ3n) is 5.12. The van der Waals surface area contributed by atoms with Crippen LogP contribution in [0.1, 0.15) is 90.4 Å². The lowest BCUT2D eigenvalue weighted by Gasteiger charge is -2.45. The van der Waals surface area contributed by atoms with Gasteiger partial charge in [0, 0.05) is 6.42 Å². The van der Waals surface area contributed by atoms with Crippen LogP contribution < -0.4 is 0 Å². The number of rotatable bonds is 5. The molecule has 0 bridgehead atoms. The van der Waals surface area contributed by atoms with Crippen LogP contribution in [0.4, 0.5) is 0 Å². The fourth-order valence-corrected chi connectivity index (χ4v) is 3.85. The van der Waals surface area contributed by atoms with Crippen LogP contribution in [0.15, 0.2) is 0 Å². The van der Waals surface area contributed by atoms with Gasteiger partial charge in [0.25, 0.3) is 0 Å². The van der Waals surface area contributed by atoms with Gasteiger partial charge in [0.2, 0.25) is 0 Å². The van der Waals surface area contributed by atoms with Crippen LogP contribution in [-0.2, 0) is 0 Å². The van der Waals surface area contributed by atoms with Crippen molar-refractivity contribution in [2.75, 3.05) is 13.1 Å². The molecule has 0 aromatic heterocycles. The van der Waals surface area contributed by atoms with Crippen LogP contribution in [0, 0.1) is 11.8 Å². The molecule has 0 N–H and O–H groups in total. The van der Waals surface area contributed by atoms with Gasteiger partial charge in [0.15, 0.2) is 0 Å². The maximum Gasteiger partial charge on any atom is 0.0825 e. The van der Waals surface area contributed by atoms with Crippen LogP contribution in [0.25, 0.3) is 0 Å². The Hall–Kier alpha value is -0.480. The summed E-state index contributed by atoms with van der Waals surface area (Å²) in [6.07, 6.45) is 17.6. The van der Waals surface area contributed by atoms with Gasteiger partial charge in [-0.25, -0.2) is 0 Å². The summed E-state index contributed by atoms with van der Waals surface area (Å²) in [5.41, 5.74) is 0.267. The molecule has 1 nitrogen and oxygen atoms in total. The number of hydrogen-bond donors (Lipinski definition) is 0. The Morgan fingerprint density at radius 1 is 0.850 bits per heavy atom. The third-order valence-corrected chi connectivity index (χ3v) is 5.12. The van der Waals surface area contributed by atoms with E-state index in [0.29, 0.717) is 0 Å². The topological polar surface area (TPSA) is 3.24 Å². The second kappa shape index (κ2) is 8.73.